The fraction of sp³-hybridized carbons (Fsp3) is 0.875. The molecule has 0 spiro atoms. The summed E-state index contributed by atoms with van der Waals surface area (Å²) < 4.78 is 24.9. The summed E-state index contributed by atoms with van der Waals surface area (Å²) in [5.41, 5.74) is 4.96. The first-order chi connectivity index (χ1) is 6.11. The first-order valence-electron chi connectivity index (χ1n) is 4.42. The Morgan fingerprint density at radius 3 is 2.77 bits per heavy atom. The van der Waals surface area contributed by atoms with Gasteiger partial charge in [-0.1, -0.05) is 6.42 Å². The van der Waals surface area contributed by atoms with Gasteiger partial charge in [0.2, 0.25) is 5.91 Å². The second-order valence-corrected chi connectivity index (χ2v) is 3.33. The molecule has 1 atom stereocenters. The monoisotopic (exact) mass is 192 g/mol. The summed E-state index contributed by atoms with van der Waals surface area (Å²) >= 11 is 0. The van der Waals surface area contributed by atoms with Crippen LogP contribution in [-0.2, 0) is 4.79 Å². The predicted molar refractivity (Wildman–Crippen MR) is 44.4 cm³/mol. The van der Waals surface area contributed by atoms with Crippen molar-refractivity contribution < 1.29 is 13.6 Å². The highest BCUT2D eigenvalue weighted by molar-refractivity contribution is 5.75. The fourth-order valence-corrected chi connectivity index (χ4v) is 1.70. The number of nitrogens with two attached hydrogens (primary N) is 1. The van der Waals surface area contributed by atoms with Crippen LogP contribution in [0.2, 0.25) is 0 Å². The van der Waals surface area contributed by atoms with Gasteiger partial charge in [-0.3, -0.25) is 9.69 Å². The minimum Gasteiger partial charge on any atom is -0.369 e. The summed E-state index contributed by atoms with van der Waals surface area (Å²) in [6, 6.07) is -0.777. The number of alkyl halides is 2. The van der Waals surface area contributed by atoms with E-state index in [-0.39, 0.29) is 6.54 Å². The lowest BCUT2D eigenvalue weighted by atomic mass is 10.0. The van der Waals surface area contributed by atoms with E-state index >= 15 is 0 Å². The smallest absolute Gasteiger partial charge is 0.253 e. The van der Waals surface area contributed by atoms with Crippen LogP contribution in [0, 0.1) is 0 Å². The Morgan fingerprint density at radius 1 is 1.54 bits per heavy atom. The van der Waals surface area contributed by atoms with Crippen LogP contribution < -0.4 is 5.73 Å². The third kappa shape index (κ3) is 2.91. The lowest BCUT2D eigenvalue weighted by Gasteiger charge is -2.33. The summed E-state index contributed by atoms with van der Waals surface area (Å²) in [6.45, 7) is 0.507. The molecular formula is C8H14F2N2O. The Kier molecular flexibility index (Phi) is 3.59. The van der Waals surface area contributed by atoms with Crippen LogP contribution in [0.3, 0.4) is 0 Å². The molecule has 0 bridgehead atoms. The van der Waals surface area contributed by atoms with Crippen LogP contribution in [-0.4, -0.2) is 36.4 Å². The van der Waals surface area contributed by atoms with E-state index in [0.717, 1.165) is 12.8 Å². The highest BCUT2D eigenvalue weighted by Crippen LogP contribution is 2.21. The molecule has 13 heavy (non-hydrogen) atoms. The van der Waals surface area contributed by atoms with Crippen LogP contribution in [0.4, 0.5) is 8.78 Å². The summed E-state index contributed by atoms with van der Waals surface area (Å²) in [5.74, 6) is -0.535. The maximum atomic E-state index is 12.4. The number of likely N-dealkylation sites (tertiary alicyclic amines) is 1. The summed E-state index contributed by atoms with van der Waals surface area (Å²) in [7, 11) is 0. The molecule has 1 heterocycles. The van der Waals surface area contributed by atoms with Crippen LogP contribution in [0.15, 0.2) is 0 Å². The molecule has 1 aliphatic rings. The van der Waals surface area contributed by atoms with Crippen LogP contribution in [0.5, 0.6) is 0 Å². The number of halogens is 2. The predicted octanol–water partition coefficient (Wildman–Crippen LogP) is 0.591. The molecule has 1 saturated heterocycles. The van der Waals surface area contributed by atoms with Crippen molar-refractivity contribution in [2.75, 3.05) is 13.1 Å². The average molecular weight is 192 g/mol. The number of primary amides is 1. The van der Waals surface area contributed by atoms with Crippen molar-refractivity contribution in [3.05, 3.63) is 0 Å². The first kappa shape index (κ1) is 10.4. The van der Waals surface area contributed by atoms with Gasteiger partial charge < -0.3 is 5.73 Å². The summed E-state index contributed by atoms with van der Waals surface area (Å²) in [4.78, 5) is 12.1. The molecule has 1 amide bonds. The first-order valence-corrected chi connectivity index (χ1v) is 4.42. The standard InChI is InChI=1S/C8H14F2N2O/c9-8(10)6-3-1-2-4-12(6)5-7(11)13/h6,8H,1-5H2,(H2,11,13)/t6-/m1/s1. The lowest BCUT2D eigenvalue weighted by molar-refractivity contribution is -0.121. The third-order valence-electron chi connectivity index (χ3n) is 2.31. The number of piperidine rings is 1. The zero-order valence-corrected chi connectivity index (χ0v) is 7.38. The Balaban J connectivity index is 2.51. The minimum atomic E-state index is -2.38. The molecule has 3 nitrogen and oxygen atoms in total. The Labute approximate surface area is 75.9 Å². The van der Waals surface area contributed by atoms with Gasteiger partial charge in [-0.05, 0) is 19.4 Å². The summed E-state index contributed by atoms with van der Waals surface area (Å²) in [6.07, 6.45) is -0.231. The molecule has 76 valence electrons. The SMILES string of the molecule is NC(=O)CN1CCCC[C@@H]1C(F)F. The molecule has 5 heteroatoms. The van der Waals surface area contributed by atoms with Gasteiger partial charge >= 0.3 is 0 Å². The maximum Gasteiger partial charge on any atom is 0.253 e. The van der Waals surface area contributed by atoms with Crippen molar-refractivity contribution in [2.24, 2.45) is 5.73 Å². The van der Waals surface area contributed by atoms with E-state index in [1.807, 2.05) is 0 Å². The molecule has 0 unspecified atom stereocenters. The molecule has 1 aliphatic heterocycles. The van der Waals surface area contributed by atoms with E-state index in [2.05, 4.69) is 0 Å². The number of hydrogen-bond acceptors (Lipinski definition) is 2. The molecule has 0 aromatic heterocycles. The van der Waals surface area contributed by atoms with Gasteiger partial charge in [-0.15, -0.1) is 0 Å². The van der Waals surface area contributed by atoms with E-state index < -0.39 is 18.4 Å². The molecule has 0 radical (unpaired) electrons. The van der Waals surface area contributed by atoms with Crippen LogP contribution >= 0.6 is 0 Å². The second kappa shape index (κ2) is 4.50. The normalized spacial score (nSPS) is 25.0. The molecule has 2 N–H and O–H groups in total. The number of hydrogen-bond donors (Lipinski definition) is 1. The average Bonchev–Trinajstić information content (AvgIpc) is 2.03. The van der Waals surface area contributed by atoms with Gasteiger partial charge in [-0.25, -0.2) is 8.78 Å². The van der Waals surface area contributed by atoms with Crippen molar-refractivity contribution in [3.63, 3.8) is 0 Å². The van der Waals surface area contributed by atoms with Crippen LogP contribution in [0.1, 0.15) is 19.3 Å². The highest BCUT2D eigenvalue weighted by atomic mass is 19.3. The number of amides is 1. The Hall–Kier alpha value is -0.710. The van der Waals surface area contributed by atoms with Gasteiger partial charge in [0.15, 0.2) is 0 Å². The molecular weight excluding hydrogens is 178 g/mol. The third-order valence-corrected chi connectivity index (χ3v) is 2.31. The van der Waals surface area contributed by atoms with Gasteiger partial charge in [0.05, 0.1) is 12.6 Å². The Bertz CT molecular complexity index is 187. The van der Waals surface area contributed by atoms with E-state index in [1.54, 1.807) is 0 Å². The van der Waals surface area contributed by atoms with E-state index in [4.69, 9.17) is 5.73 Å². The zero-order chi connectivity index (χ0) is 9.84. The largest absolute Gasteiger partial charge is 0.369 e. The van der Waals surface area contributed by atoms with Gasteiger partial charge in [0.25, 0.3) is 6.43 Å². The second-order valence-electron chi connectivity index (χ2n) is 3.33. The zero-order valence-electron chi connectivity index (χ0n) is 7.38. The van der Waals surface area contributed by atoms with Gasteiger partial charge in [0, 0.05) is 0 Å². The molecule has 1 rings (SSSR count). The molecule has 0 aromatic rings. The van der Waals surface area contributed by atoms with E-state index in [1.165, 1.54) is 4.90 Å². The number of carbonyl (C=O) groups is 1. The van der Waals surface area contributed by atoms with Gasteiger partial charge in [0.1, 0.15) is 0 Å². The van der Waals surface area contributed by atoms with Crippen molar-refractivity contribution in [2.45, 2.75) is 31.7 Å². The summed E-state index contributed by atoms with van der Waals surface area (Å²) in [5, 5.41) is 0. The molecule has 0 aliphatic carbocycles. The lowest BCUT2D eigenvalue weighted by Crippen LogP contribution is -2.47. The number of carbonyl (C=O) groups excluding carboxylic acids is 1. The van der Waals surface area contributed by atoms with E-state index in [0.29, 0.717) is 13.0 Å². The maximum absolute atomic E-state index is 12.4. The number of rotatable bonds is 3. The Morgan fingerprint density at radius 2 is 2.23 bits per heavy atom. The highest BCUT2D eigenvalue weighted by Gasteiger charge is 2.30. The minimum absolute atomic E-state index is 0.0466. The van der Waals surface area contributed by atoms with E-state index in [9.17, 15) is 13.6 Å². The molecule has 0 aromatic carbocycles. The fourth-order valence-electron chi connectivity index (χ4n) is 1.70. The van der Waals surface area contributed by atoms with Gasteiger partial charge in [-0.2, -0.15) is 0 Å². The molecule has 1 fully saturated rings. The number of nitrogens with zero attached hydrogens (tertiary/aromatic N) is 1. The molecule has 0 saturated carbocycles. The van der Waals surface area contributed by atoms with Crippen molar-refractivity contribution in [3.8, 4) is 0 Å². The van der Waals surface area contributed by atoms with Crippen molar-refractivity contribution in [1.82, 2.24) is 4.90 Å². The quantitative estimate of drug-likeness (QED) is 0.711. The van der Waals surface area contributed by atoms with Crippen molar-refractivity contribution in [1.29, 1.82) is 0 Å². The topological polar surface area (TPSA) is 46.3 Å². The van der Waals surface area contributed by atoms with Crippen molar-refractivity contribution >= 4 is 5.91 Å². The van der Waals surface area contributed by atoms with Crippen LogP contribution in [0.25, 0.3) is 0 Å².